The highest BCUT2D eigenvalue weighted by atomic mass is 79.9. The number of aromatic nitrogens is 1. The molecule has 0 saturated carbocycles. The van der Waals surface area contributed by atoms with Crippen LogP contribution in [-0.4, -0.2) is 4.98 Å². The summed E-state index contributed by atoms with van der Waals surface area (Å²) < 4.78 is 0.922. The molecule has 1 aromatic heterocycles. The smallest absolute Gasteiger partial charge is 0.121 e. The molecule has 0 atom stereocenters. The molecule has 0 saturated heterocycles. The van der Waals surface area contributed by atoms with Gasteiger partial charge in [0.25, 0.3) is 0 Å². The van der Waals surface area contributed by atoms with Gasteiger partial charge in [0.15, 0.2) is 0 Å². The Labute approximate surface area is 85.3 Å². The van der Waals surface area contributed by atoms with E-state index in [1.807, 2.05) is 0 Å². The second-order valence-electron chi connectivity index (χ2n) is 3.12. The van der Waals surface area contributed by atoms with E-state index >= 15 is 0 Å². The second-order valence-corrected chi connectivity index (χ2v) is 5.04. The fraction of sp³-hybridized carbons (Fsp3) is 0.625. The first-order valence-electron chi connectivity index (χ1n) is 3.97. The minimum Gasteiger partial charge on any atom is -0.326 e. The summed E-state index contributed by atoms with van der Waals surface area (Å²) in [6, 6.07) is 0. The van der Waals surface area contributed by atoms with Crippen molar-refractivity contribution >= 4 is 27.3 Å². The Balaban J connectivity index is 2.75. The topological polar surface area (TPSA) is 38.9 Å². The Morgan fingerprint density at radius 2 is 2.25 bits per heavy atom. The lowest BCUT2D eigenvalue weighted by molar-refractivity contribution is 0.644. The first kappa shape index (κ1) is 10.2. The van der Waals surface area contributed by atoms with Crippen molar-refractivity contribution in [3.05, 3.63) is 14.5 Å². The highest BCUT2D eigenvalue weighted by Gasteiger charge is 2.08. The molecule has 1 rings (SSSR count). The number of thiazole rings is 1. The Hall–Kier alpha value is 0.0700. The molecule has 12 heavy (non-hydrogen) atoms. The van der Waals surface area contributed by atoms with E-state index in [2.05, 4.69) is 34.8 Å². The van der Waals surface area contributed by atoms with E-state index in [0.717, 1.165) is 15.9 Å². The largest absolute Gasteiger partial charge is 0.326 e. The lowest BCUT2D eigenvalue weighted by Gasteiger charge is -1.97. The number of rotatable bonds is 3. The first-order valence-corrected chi connectivity index (χ1v) is 5.58. The third kappa shape index (κ3) is 2.54. The lowest BCUT2D eigenvalue weighted by Crippen LogP contribution is -1.92. The number of nitrogens with two attached hydrogens (primary N) is 1. The Bertz CT molecular complexity index is 258. The van der Waals surface area contributed by atoms with Crippen LogP contribution in [0.5, 0.6) is 0 Å². The maximum atomic E-state index is 5.54. The summed E-state index contributed by atoms with van der Waals surface area (Å²) in [5.41, 5.74) is 5.54. The van der Waals surface area contributed by atoms with E-state index in [1.165, 1.54) is 5.01 Å². The van der Waals surface area contributed by atoms with Gasteiger partial charge in [0, 0.05) is 13.0 Å². The van der Waals surface area contributed by atoms with Crippen molar-refractivity contribution in [2.45, 2.75) is 26.8 Å². The maximum absolute atomic E-state index is 5.54. The van der Waals surface area contributed by atoms with Crippen LogP contribution in [0.4, 0.5) is 0 Å². The van der Waals surface area contributed by atoms with Crippen LogP contribution in [0.2, 0.25) is 0 Å². The molecule has 2 N–H and O–H groups in total. The molecule has 0 aliphatic heterocycles. The van der Waals surface area contributed by atoms with Gasteiger partial charge in [-0.05, 0) is 21.8 Å². The lowest BCUT2D eigenvalue weighted by atomic mass is 10.1. The molecule has 4 heteroatoms. The standard InChI is InChI=1S/C8H13BrN2S/c1-5(2)3-7-11-8(9)6(4-10)12-7/h5H,3-4,10H2,1-2H3. The van der Waals surface area contributed by atoms with Crippen LogP contribution in [0.15, 0.2) is 4.60 Å². The van der Waals surface area contributed by atoms with Gasteiger partial charge < -0.3 is 5.73 Å². The van der Waals surface area contributed by atoms with Crippen LogP contribution in [0, 0.1) is 5.92 Å². The summed E-state index contributed by atoms with van der Waals surface area (Å²) in [5.74, 6) is 0.661. The molecule has 1 heterocycles. The third-order valence-electron chi connectivity index (χ3n) is 1.46. The van der Waals surface area contributed by atoms with Crippen LogP contribution in [-0.2, 0) is 13.0 Å². The van der Waals surface area contributed by atoms with Crippen molar-refractivity contribution in [2.24, 2.45) is 11.7 Å². The zero-order chi connectivity index (χ0) is 9.14. The summed E-state index contributed by atoms with van der Waals surface area (Å²) in [6.07, 6.45) is 1.04. The van der Waals surface area contributed by atoms with Crippen LogP contribution < -0.4 is 5.73 Å². The quantitative estimate of drug-likeness (QED) is 0.894. The van der Waals surface area contributed by atoms with Gasteiger partial charge >= 0.3 is 0 Å². The number of hydrogen-bond acceptors (Lipinski definition) is 3. The molecule has 0 aromatic carbocycles. The Morgan fingerprint density at radius 1 is 1.58 bits per heavy atom. The molecular weight excluding hydrogens is 236 g/mol. The molecule has 0 amide bonds. The van der Waals surface area contributed by atoms with Gasteiger partial charge in [0.05, 0.1) is 9.88 Å². The van der Waals surface area contributed by atoms with Crippen LogP contribution >= 0.6 is 27.3 Å². The van der Waals surface area contributed by atoms with Crippen molar-refractivity contribution in [3.8, 4) is 0 Å². The predicted molar refractivity (Wildman–Crippen MR) is 56.2 cm³/mol. The zero-order valence-corrected chi connectivity index (χ0v) is 9.70. The summed E-state index contributed by atoms with van der Waals surface area (Å²) in [7, 11) is 0. The van der Waals surface area contributed by atoms with Crippen LogP contribution in [0.25, 0.3) is 0 Å². The van der Waals surface area contributed by atoms with E-state index in [0.29, 0.717) is 12.5 Å². The van der Waals surface area contributed by atoms with Crippen molar-refractivity contribution in [3.63, 3.8) is 0 Å². The fourth-order valence-electron chi connectivity index (χ4n) is 0.941. The van der Waals surface area contributed by atoms with Crippen molar-refractivity contribution in [1.82, 2.24) is 4.98 Å². The van der Waals surface area contributed by atoms with Crippen LogP contribution in [0.3, 0.4) is 0 Å². The zero-order valence-electron chi connectivity index (χ0n) is 7.30. The maximum Gasteiger partial charge on any atom is 0.121 e. The molecule has 0 bridgehead atoms. The Morgan fingerprint density at radius 3 is 2.67 bits per heavy atom. The molecular formula is C8H13BrN2S. The van der Waals surface area contributed by atoms with Crippen LogP contribution in [0.1, 0.15) is 23.7 Å². The first-order chi connectivity index (χ1) is 5.63. The summed E-state index contributed by atoms with van der Waals surface area (Å²) in [5, 5.41) is 1.18. The minimum absolute atomic E-state index is 0.580. The summed E-state index contributed by atoms with van der Waals surface area (Å²) in [4.78, 5) is 5.52. The molecule has 0 unspecified atom stereocenters. The summed E-state index contributed by atoms with van der Waals surface area (Å²) >= 11 is 5.09. The Kier molecular flexibility index (Phi) is 3.68. The predicted octanol–water partition coefficient (Wildman–Crippen LogP) is 2.56. The SMILES string of the molecule is CC(C)Cc1nc(Br)c(CN)s1. The monoisotopic (exact) mass is 248 g/mol. The third-order valence-corrected chi connectivity index (χ3v) is 3.48. The van der Waals surface area contributed by atoms with Crippen molar-refractivity contribution in [1.29, 1.82) is 0 Å². The normalized spacial score (nSPS) is 11.1. The van der Waals surface area contributed by atoms with E-state index in [9.17, 15) is 0 Å². The molecule has 0 aliphatic carbocycles. The molecule has 0 spiro atoms. The molecule has 0 aliphatic rings. The summed E-state index contributed by atoms with van der Waals surface area (Å²) in [6.45, 7) is 4.96. The van der Waals surface area contributed by atoms with E-state index < -0.39 is 0 Å². The van der Waals surface area contributed by atoms with E-state index in [1.54, 1.807) is 11.3 Å². The molecule has 0 fully saturated rings. The number of halogens is 1. The number of nitrogens with zero attached hydrogens (tertiary/aromatic N) is 1. The van der Waals surface area contributed by atoms with Gasteiger partial charge in [-0.25, -0.2) is 4.98 Å². The van der Waals surface area contributed by atoms with E-state index in [4.69, 9.17) is 5.73 Å². The highest BCUT2D eigenvalue weighted by molar-refractivity contribution is 9.10. The second kappa shape index (κ2) is 4.35. The van der Waals surface area contributed by atoms with Gasteiger partial charge in [-0.2, -0.15) is 0 Å². The number of hydrogen-bond donors (Lipinski definition) is 1. The van der Waals surface area contributed by atoms with Gasteiger partial charge in [0.2, 0.25) is 0 Å². The van der Waals surface area contributed by atoms with Gasteiger partial charge in [0.1, 0.15) is 4.60 Å². The van der Waals surface area contributed by atoms with Gasteiger partial charge in [-0.1, -0.05) is 13.8 Å². The van der Waals surface area contributed by atoms with Gasteiger partial charge in [-0.15, -0.1) is 11.3 Å². The average molecular weight is 249 g/mol. The minimum atomic E-state index is 0.580. The average Bonchev–Trinajstić information content (AvgIpc) is 2.29. The van der Waals surface area contributed by atoms with Crippen molar-refractivity contribution in [2.75, 3.05) is 0 Å². The van der Waals surface area contributed by atoms with Gasteiger partial charge in [-0.3, -0.25) is 0 Å². The molecule has 1 aromatic rings. The fourth-order valence-corrected chi connectivity index (χ4v) is 2.73. The molecule has 2 nitrogen and oxygen atoms in total. The molecule has 68 valence electrons. The highest BCUT2D eigenvalue weighted by Crippen LogP contribution is 2.24. The molecule has 0 radical (unpaired) electrons. The van der Waals surface area contributed by atoms with E-state index in [-0.39, 0.29) is 0 Å². The van der Waals surface area contributed by atoms with Crippen molar-refractivity contribution < 1.29 is 0 Å².